The monoisotopic (exact) mass is 565 g/mol. The van der Waals surface area contributed by atoms with Crippen LogP contribution in [0.3, 0.4) is 0 Å². The fraction of sp³-hybridized carbons (Fsp3) is 0.469. The highest BCUT2D eigenvalue weighted by Crippen LogP contribution is 2.31. The molecule has 0 spiro atoms. The quantitative estimate of drug-likeness (QED) is 0.295. The molecule has 7 nitrogen and oxygen atoms in total. The lowest BCUT2D eigenvalue weighted by Crippen LogP contribution is -2.34. The van der Waals surface area contributed by atoms with Crippen molar-refractivity contribution in [2.45, 2.75) is 65.7 Å². The summed E-state index contributed by atoms with van der Waals surface area (Å²) in [6.07, 6.45) is 6.09. The molecule has 2 amide bonds. The van der Waals surface area contributed by atoms with Gasteiger partial charge in [-0.2, -0.15) is 0 Å². The minimum Gasteiger partial charge on any atom is -0.497 e. The fourth-order valence-electron chi connectivity index (χ4n) is 5.54. The summed E-state index contributed by atoms with van der Waals surface area (Å²) in [5, 5.41) is 7.53. The number of aromatic nitrogens is 1. The van der Waals surface area contributed by atoms with Crippen molar-refractivity contribution in [2.24, 2.45) is 11.3 Å². The molecule has 2 aromatic carbocycles. The molecule has 0 unspecified atom stereocenters. The number of carbonyl (C=O) groups excluding carboxylic acids is 3. The van der Waals surface area contributed by atoms with Crippen molar-refractivity contribution in [3.05, 3.63) is 64.3 Å². The first-order valence-corrected chi connectivity index (χ1v) is 14.5. The van der Waals surface area contributed by atoms with Gasteiger partial charge in [-0.15, -0.1) is 0 Å². The summed E-state index contributed by atoms with van der Waals surface area (Å²) in [6, 6.07) is 12.3. The van der Waals surface area contributed by atoms with Crippen LogP contribution in [-0.2, 0) is 16.0 Å². The van der Waals surface area contributed by atoms with Crippen LogP contribution in [0.4, 0.5) is 0 Å². The van der Waals surface area contributed by atoms with E-state index in [4.69, 9.17) is 16.3 Å². The van der Waals surface area contributed by atoms with Crippen LogP contribution in [0.25, 0.3) is 10.9 Å². The zero-order valence-corrected chi connectivity index (χ0v) is 24.7. The number of nitrogens with zero attached hydrogens (tertiary/aromatic N) is 1. The van der Waals surface area contributed by atoms with E-state index in [9.17, 15) is 14.4 Å². The lowest BCUT2D eigenvalue weighted by molar-refractivity contribution is -0.124. The Hall–Kier alpha value is -3.32. The maximum Gasteiger partial charge on any atom is 0.262 e. The molecule has 0 bridgehead atoms. The van der Waals surface area contributed by atoms with Gasteiger partial charge in [-0.1, -0.05) is 38.3 Å². The maximum absolute atomic E-state index is 13.5. The smallest absolute Gasteiger partial charge is 0.262 e. The second kappa shape index (κ2) is 12.9. The zero-order chi connectivity index (χ0) is 28.9. The maximum atomic E-state index is 13.5. The van der Waals surface area contributed by atoms with Gasteiger partial charge in [0, 0.05) is 40.7 Å². The molecule has 40 heavy (non-hydrogen) atoms. The molecule has 0 saturated heterocycles. The summed E-state index contributed by atoms with van der Waals surface area (Å²) in [4.78, 5) is 38.9. The molecule has 4 rings (SSSR count). The van der Waals surface area contributed by atoms with Crippen LogP contribution in [0.5, 0.6) is 5.75 Å². The van der Waals surface area contributed by atoms with Crippen LogP contribution in [-0.4, -0.2) is 42.5 Å². The van der Waals surface area contributed by atoms with Crippen LogP contribution < -0.4 is 15.4 Å². The van der Waals surface area contributed by atoms with E-state index in [1.54, 1.807) is 35.9 Å². The van der Waals surface area contributed by atoms with E-state index in [0.29, 0.717) is 29.4 Å². The van der Waals surface area contributed by atoms with Crippen molar-refractivity contribution in [1.82, 2.24) is 15.2 Å². The first kappa shape index (κ1) is 29.7. The average Bonchev–Trinajstić information content (AvgIpc) is 3.55. The minimum absolute atomic E-state index is 0.0272. The largest absolute Gasteiger partial charge is 0.497 e. The van der Waals surface area contributed by atoms with E-state index in [1.807, 2.05) is 25.1 Å². The van der Waals surface area contributed by atoms with Crippen LogP contribution in [0.15, 0.2) is 42.5 Å². The predicted octanol–water partition coefficient (Wildman–Crippen LogP) is 6.07. The molecule has 3 aromatic rings. The van der Waals surface area contributed by atoms with Gasteiger partial charge < -0.3 is 15.4 Å². The van der Waals surface area contributed by atoms with E-state index in [0.717, 1.165) is 60.7 Å². The highest BCUT2D eigenvalue weighted by Gasteiger charge is 2.25. The Balaban J connectivity index is 1.40. The Labute approximate surface area is 241 Å². The average molecular weight is 566 g/mol. The van der Waals surface area contributed by atoms with Gasteiger partial charge in [-0.05, 0) is 86.1 Å². The summed E-state index contributed by atoms with van der Waals surface area (Å²) in [5.74, 6) is 0.736. The molecule has 1 heterocycles. The number of fused-ring (bicyclic) bond motifs is 1. The molecule has 1 aliphatic carbocycles. The standard InChI is InChI=1S/C32H40ClN3O4/c1-21-26(20-29(37)34-17-15-32(2,3)16-18-35-30(38)22-7-5-6-8-22)27-19-25(40-4)13-14-28(27)36(21)31(39)23-9-11-24(33)12-10-23/h9-14,19,22H,5-8,15-18,20H2,1-4H3,(H,34,37)(H,35,38). The van der Waals surface area contributed by atoms with Gasteiger partial charge in [-0.25, -0.2) is 0 Å². The lowest BCUT2D eigenvalue weighted by atomic mass is 9.85. The summed E-state index contributed by atoms with van der Waals surface area (Å²) in [7, 11) is 1.60. The Morgan fingerprint density at radius 1 is 1.00 bits per heavy atom. The number of nitrogens with one attached hydrogen (secondary N) is 2. The molecule has 214 valence electrons. The van der Waals surface area contributed by atoms with Crippen molar-refractivity contribution in [2.75, 3.05) is 20.2 Å². The van der Waals surface area contributed by atoms with Crippen molar-refractivity contribution < 1.29 is 19.1 Å². The number of halogens is 1. The summed E-state index contributed by atoms with van der Waals surface area (Å²) >= 11 is 6.02. The second-order valence-electron chi connectivity index (χ2n) is 11.6. The number of hydrogen-bond acceptors (Lipinski definition) is 4. The second-order valence-corrected chi connectivity index (χ2v) is 12.0. The third-order valence-corrected chi connectivity index (χ3v) is 8.38. The van der Waals surface area contributed by atoms with Gasteiger partial charge in [0.2, 0.25) is 11.8 Å². The Morgan fingerprint density at radius 2 is 1.65 bits per heavy atom. The molecule has 1 aromatic heterocycles. The zero-order valence-electron chi connectivity index (χ0n) is 23.9. The SMILES string of the molecule is COc1ccc2c(c1)c(CC(=O)NCCC(C)(C)CCNC(=O)C1CCCC1)c(C)n2C(=O)c1ccc(Cl)cc1. The third kappa shape index (κ3) is 7.05. The lowest BCUT2D eigenvalue weighted by Gasteiger charge is -2.25. The van der Waals surface area contributed by atoms with E-state index in [2.05, 4.69) is 24.5 Å². The normalized spacial score (nSPS) is 13.9. The molecule has 1 aliphatic rings. The van der Waals surface area contributed by atoms with E-state index in [-0.39, 0.29) is 35.5 Å². The molecule has 0 aliphatic heterocycles. The number of hydrogen-bond donors (Lipinski definition) is 2. The summed E-state index contributed by atoms with van der Waals surface area (Å²) < 4.78 is 7.09. The van der Waals surface area contributed by atoms with Gasteiger partial charge in [0.05, 0.1) is 19.0 Å². The van der Waals surface area contributed by atoms with Crippen molar-refractivity contribution >= 4 is 40.2 Å². The number of ether oxygens (including phenoxy) is 1. The Bertz CT molecular complexity index is 1370. The van der Waals surface area contributed by atoms with Gasteiger partial charge in [0.25, 0.3) is 5.91 Å². The van der Waals surface area contributed by atoms with Crippen LogP contribution in [0.2, 0.25) is 5.02 Å². The predicted molar refractivity (Wildman–Crippen MR) is 159 cm³/mol. The van der Waals surface area contributed by atoms with Gasteiger partial charge >= 0.3 is 0 Å². The van der Waals surface area contributed by atoms with Crippen molar-refractivity contribution in [3.63, 3.8) is 0 Å². The van der Waals surface area contributed by atoms with Crippen LogP contribution >= 0.6 is 11.6 Å². The topological polar surface area (TPSA) is 89.4 Å². The first-order chi connectivity index (χ1) is 19.1. The van der Waals surface area contributed by atoms with Crippen molar-refractivity contribution in [3.8, 4) is 5.75 Å². The number of carbonyl (C=O) groups is 3. The number of rotatable bonds is 11. The van der Waals surface area contributed by atoms with Crippen LogP contribution in [0.1, 0.15) is 74.0 Å². The first-order valence-electron chi connectivity index (χ1n) is 14.1. The van der Waals surface area contributed by atoms with Crippen molar-refractivity contribution in [1.29, 1.82) is 0 Å². The Kier molecular flexibility index (Phi) is 9.56. The molecule has 1 fully saturated rings. The molecule has 1 saturated carbocycles. The summed E-state index contributed by atoms with van der Waals surface area (Å²) in [5.41, 5.74) is 2.72. The highest BCUT2D eigenvalue weighted by molar-refractivity contribution is 6.30. The third-order valence-electron chi connectivity index (χ3n) is 8.12. The molecule has 0 radical (unpaired) electrons. The van der Waals surface area contributed by atoms with Gasteiger partial charge in [0.15, 0.2) is 0 Å². The number of amides is 2. The molecule has 0 atom stereocenters. The summed E-state index contributed by atoms with van der Waals surface area (Å²) in [6.45, 7) is 7.37. The van der Waals surface area contributed by atoms with E-state index in [1.165, 1.54) is 0 Å². The Morgan fingerprint density at radius 3 is 2.30 bits per heavy atom. The highest BCUT2D eigenvalue weighted by atomic mass is 35.5. The molecule has 8 heteroatoms. The van der Waals surface area contributed by atoms with Crippen LogP contribution in [0, 0.1) is 18.3 Å². The van der Waals surface area contributed by atoms with E-state index < -0.39 is 0 Å². The van der Waals surface area contributed by atoms with Gasteiger partial charge in [-0.3, -0.25) is 19.0 Å². The molecular weight excluding hydrogens is 526 g/mol. The van der Waals surface area contributed by atoms with E-state index >= 15 is 0 Å². The minimum atomic E-state index is -0.183. The van der Waals surface area contributed by atoms with Gasteiger partial charge in [0.1, 0.15) is 5.75 Å². The fourth-order valence-corrected chi connectivity index (χ4v) is 5.67. The molecule has 2 N–H and O–H groups in total. The number of benzene rings is 2. The number of methoxy groups -OCH3 is 1. The molecular formula is C32H40ClN3O4.